The quantitative estimate of drug-likeness (QED) is 0.197. The van der Waals surface area contributed by atoms with Crippen molar-refractivity contribution >= 4 is 72.2 Å². The van der Waals surface area contributed by atoms with Crippen LogP contribution in [0.3, 0.4) is 0 Å². The standard InChI is InChI=1S/C45H35N3O/c1-27-24-30-11-5-6-13-32(30)26-38(27)43-46-44(33-19-18-28-10-3-4-12-31(28)25-33)48(2)45(47-43)36-16-9-15-35-34(36)22-20-29-21-23-40-42(41(29)35)37-14-7-8-17-39(37)49-40/h3-27,38,44-45H,1-2H3,(H,46,47). The molecular formula is C45H35N3O. The smallest absolute Gasteiger partial charge is 0.136 e. The van der Waals surface area contributed by atoms with Crippen LogP contribution < -0.4 is 15.8 Å². The second-order valence-corrected chi connectivity index (χ2v) is 13.7. The molecule has 0 bridgehead atoms. The van der Waals surface area contributed by atoms with Crippen LogP contribution in [0, 0.1) is 11.8 Å². The van der Waals surface area contributed by atoms with Crippen molar-refractivity contribution in [2.45, 2.75) is 19.3 Å². The lowest BCUT2D eigenvalue weighted by atomic mass is 9.86. The van der Waals surface area contributed by atoms with Crippen LogP contribution >= 0.6 is 0 Å². The molecule has 0 radical (unpaired) electrons. The second kappa shape index (κ2) is 10.9. The summed E-state index contributed by atoms with van der Waals surface area (Å²) in [6.07, 6.45) is 4.53. The van der Waals surface area contributed by atoms with Gasteiger partial charge in [0.2, 0.25) is 0 Å². The van der Waals surface area contributed by atoms with Crippen molar-refractivity contribution in [3.05, 3.63) is 155 Å². The number of hydrogen-bond acceptors (Lipinski definition) is 4. The van der Waals surface area contributed by atoms with Gasteiger partial charge in [0, 0.05) is 22.1 Å². The molecule has 1 N–H and O–H groups in total. The van der Waals surface area contributed by atoms with Crippen molar-refractivity contribution in [1.82, 2.24) is 10.2 Å². The monoisotopic (exact) mass is 633 g/mol. The molecule has 2 aliphatic rings. The van der Waals surface area contributed by atoms with Gasteiger partial charge in [0.25, 0.3) is 0 Å². The number of nitrogens with one attached hydrogen (secondary N) is 1. The number of nitrogens with zero attached hydrogens (tertiary/aromatic N) is 2. The highest BCUT2D eigenvalue weighted by Crippen LogP contribution is 2.42. The van der Waals surface area contributed by atoms with Gasteiger partial charge in [0.1, 0.15) is 29.3 Å². The summed E-state index contributed by atoms with van der Waals surface area (Å²) >= 11 is 0. The lowest BCUT2D eigenvalue weighted by molar-refractivity contribution is 0.150. The molecular weight excluding hydrogens is 599 g/mol. The Hall–Kier alpha value is -5.71. The number of fused-ring (bicyclic) bond motifs is 9. The first-order valence-corrected chi connectivity index (χ1v) is 17.2. The molecule has 4 nitrogen and oxygen atoms in total. The Morgan fingerprint density at radius 2 is 1.35 bits per heavy atom. The van der Waals surface area contributed by atoms with Crippen LogP contribution in [0.4, 0.5) is 0 Å². The van der Waals surface area contributed by atoms with E-state index in [2.05, 4.69) is 164 Å². The molecule has 0 saturated carbocycles. The van der Waals surface area contributed by atoms with Gasteiger partial charge in [-0.15, -0.1) is 0 Å². The maximum Gasteiger partial charge on any atom is 0.136 e. The van der Waals surface area contributed by atoms with E-state index in [4.69, 9.17) is 9.41 Å². The molecule has 10 rings (SSSR count). The number of para-hydroxylation sites is 1. The maximum absolute atomic E-state index is 6.34. The Morgan fingerprint density at radius 3 is 2.24 bits per heavy atom. The van der Waals surface area contributed by atoms with E-state index in [0.29, 0.717) is 5.92 Å². The molecule has 1 aliphatic carbocycles. The van der Waals surface area contributed by atoms with E-state index in [0.717, 1.165) is 22.4 Å². The summed E-state index contributed by atoms with van der Waals surface area (Å²) in [5.74, 6) is 1.45. The maximum atomic E-state index is 6.34. The SMILES string of the molecule is CC1C=c2ccccc2=CC1C1=NC(c2ccc3ccccc3c2)N(C)C(c2cccc3c2ccc2ccc4oc5ccccc5c4c23)N1. The molecule has 0 spiro atoms. The highest BCUT2D eigenvalue weighted by atomic mass is 16.3. The molecule has 1 aromatic heterocycles. The zero-order valence-corrected chi connectivity index (χ0v) is 27.5. The Morgan fingerprint density at radius 1 is 0.612 bits per heavy atom. The summed E-state index contributed by atoms with van der Waals surface area (Å²) in [5, 5.41) is 16.3. The van der Waals surface area contributed by atoms with Crippen molar-refractivity contribution < 1.29 is 4.42 Å². The van der Waals surface area contributed by atoms with E-state index >= 15 is 0 Å². The first-order chi connectivity index (χ1) is 24.1. The Balaban J connectivity index is 1.18. The lowest BCUT2D eigenvalue weighted by Gasteiger charge is -2.42. The summed E-state index contributed by atoms with van der Waals surface area (Å²) < 4.78 is 6.34. The van der Waals surface area contributed by atoms with E-state index in [1.165, 1.54) is 59.3 Å². The molecule has 2 heterocycles. The molecule has 1 aliphatic heterocycles. The van der Waals surface area contributed by atoms with Gasteiger partial charge in [-0.25, -0.2) is 4.99 Å². The molecule has 8 aromatic rings. The number of hydrogen-bond donors (Lipinski definition) is 1. The highest BCUT2D eigenvalue weighted by molar-refractivity contribution is 6.26. The topological polar surface area (TPSA) is 40.8 Å². The largest absolute Gasteiger partial charge is 0.456 e. The molecule has 0 fully saturated rings. The molecule has 4 atom stereocenters. The van der Waals surface area contributed by atoms with Gasteiger partial charge in [-0.2, -0.15) is 0 Å². The molecule has 7 aromatic carbocycles. The fraction of sp³-hybridized carbons (Fsp3) is 0.133. The van der Waals surface area contributed by atoms with E-state index < -0.39 is 0 Å². The number of amidine groups is 1. The van der Waals surface area contributed by atoms with Gasteiger partial charge in [0.15, 0.2) is 0 Å². The van der Waals surface area contributed by atoms with E-state index in [9.17, 15) is 0 Å². The Kier molecular flexibility index (Phi) is 6.30. The molecule has 236 valence electrons. The summed E-state index contributed by atoms with van der Waals surface area (Å²) in [7, 11) is 2.20. The van der Waals surface area contributed by atoms with Crippen LogP contribution in [0.2, 0.25) is 0 Å². The van der Waals surface area contributed by atoms with Crippen molar-refractivity contribution in [1.29, 1.82) is 0 Å². The van der Waals surface area contributed by atoms with E-state index in [-0.39, 0.29) is 18.2 Å². The first-order valence-electron chi connectivity index (χ1n) is 17.2. The molecule has 0 amide bonds. The number of rotatable bonds is 3. The van der Waals surface area contributed by atoms with Crippen molar-refractivity contribution in [3.63, 3.8) is 0 Å². The van der Waals surface area contributed by atoms with Gasteiger partial charge in [-0.3, -0.25) is 4.90 Å². The second-order valence-electron chi connectivity index (χ2n) is 13.7. The first kappa shape index (κ1) is 28.3. The zero-order valence-electron chi connectivity index (χ0n) is 27.5. The normalized spacial score (nSPS) is 21.0. The van der Waals surface area contributed by atoms with Gasteiger partial charge in [-0.1, -0.05) is 134 Å². The van der Waals surface area contributed by atoms with Crippen LogP contribution in [0.15, 0.2) is 143 Å². The third-order valence-corrected chi connectivity index (χ3v) is 10.8. The fourth-order valence-corrected chi connectivity index (χ4v) is 8.34. The Bertz CT molecular complexity index is 2780. The van der Waals surface area contributed by atoms with Gasteiger partial charge in [0.05, 0.1) is 0 Å². The number of aliphatic imine (C=N–C) groups is 1. The average Bonchev–Trinajstić information content (AvgIpc) is 3.53. The Labute approximate surface area is 284 Å². The minimum atomic E-state index is -0.163. The highest BCUT2D eigenvalue weighted by Gasteiger charge is 2.35. The lowest BCUT2D eigenvalue weighted by Crippen LogP contribution is -2.49. The third kappa shape index (κ3) is 4.44. The number of benzene rings is 7. The molecule has 4 heteroatoms. The van der Waals surface area contributed by atoms with Gasteiger partial charge < -0.3 is 9.73 Å². The van der Waals surface area contributed by atoms with Crippen LogP contribution in [-0.4, -0.2) is 17.8 Å². The molecule has 4 unspecified atom stereocenters. The molecule has 0 saturated heterocycles. The van der Waals surface area contributed by atoms with Crippen LogP contribution in [0.5, 0.6) is 0 Å². The van der Waals surface area contributed by atoms with E-state index in [1.807, 2.05) is 6.07 Å². The zero-order chi connectivity index (χ0) is 32.6. The molecule has 49 heavy (non-hydrogen) atoms. The van der Waals surface area contributed by atoms with Crippen molar-refractivity contribution in [2.75, 3.05) is 7.05 Å². The van der Waals surface area contributed by atoms with Crippen LogP contribution in [-0.2, 0) is 0 Å². The minimum Gasteiger partial charge on any atom is -0.456 e. The third-order valence-electron chi connectivity index (χ3n) is 10.8. The summed E-state index contributed by atoms with van der Waals surface area (Å²) in [6, 6.07) is 48.1. The van der Waals surface area contributed by atoms with Crippen LogP contribution in [0.1, 0.15) is 30.4 Å². The predicted octanol–water partition coefficient (Wildman–Crippen LogP) is 9.20. The number of furan rings is 1. The summed E-state index contributed by atoms with van der Waals surface area (Å²) in [6.45, 7) is 2.31. The average molecular weight is 634 g/mol. The van der Waals surface area contributed by atoms with Gasteiger partial charge in [-0.05, 0) is 79.7 Å². The van der Waals surface area contributed by atoms with Crippen molar-refractivity contribution in [3.8, 4) is 0 Å². The fourth-order valence-electron chi connectivity index (χ4n) is 8.34. The minimum absolute atomic E-state index is 0.108. The summed E-state index contributed by atoms with van der Waals surface area (Å²) in [4.78, 5) is 7.92. The van der Waals surface area contributed by atoms with Gasteiger partial charge >= 0.3 is 0 Å². The summed E-state index contributed by atoms with van der Waals surface area (Å²) in [5.41, 5.74) is 4.26. The van der Waals surface area contributed by atoms with E-state index in [1.54, 1.807) is 0 Å². The predicted molar refractivity (Wildman–Crippen MR) is 204 cm³/mol. The van der Waals surface area contributed by atoms with Crippen LogP contribution in [0.25, 0.3) is 66.4 Å². The van der Waals surface area contributed by atoms with Crippen molar-refractivity contribution in [2.24, 2.45) is 16.8 Å².